The Morgan fingerprint density at radius 2 is 0.907 bits per heavy atom. The Bertz CT molecular complexity index is 3290. The van der Waals surface area contributed by atoms with E-state index in [1.807, 2.05) is 42.7 Å². The average molecular weight is 688 g/mol. The van der Waals surface area contributed by atoms with Gasteiger partial charge < -0.3 is 0 Å². The molecule has 0 unspecified atom stereocenters. The second-order valence-electron chi connectivity index (χ2n) is 13.8. The van der Waals surface area contributed by atoms with Gasteiger partial charge >= 0.3 is 0 Å². The van der Waals surface area contributed by atoms with Crippen molar-refractivity contribution in [3.05, 3.63) is 176 Å². The molecule has 5 heteroatoms. The number of pyridine rings is 5. The predicted octanol–water partition coefficient (Wildman–Crippen LogP) is 12.2. The van der Waals surface area contributed by atoms with Crippen LogP contribution in [0.25, 0.3) is 110 Å². The second-order valence-corrected chi connectivity index (χ2v) is 13.8. The molecule has 0 saturated carbocycles. The lowest BCUT2D eigenvalue weighted by molar-refractivity contribution is 1.37. The van der Waals surface area contributed by atoms with Crippen LogP contribution in [0.5, 0.6) is 0 Å². The molecule has 0 aliphatic heterocycles. The van der Waals surface area contributed by atoms with E-state index in [0.717, 1.165) is 110 Å². The van der Waals surface area contributed by atoms with Crippen molar-refractivity contribution < 1.29 is 0 Å². The molecule has 11 aromatic rings. The van der Waals surface area contributed by atoms with E-state index >= 15 is 0 Å². The Morgan fingerprint density at radius 1 is 0.296 bits per heavy atom. The molecule has 5 aromatic heterocycles. The number of hydrogen-bond acceptors (Lipinski definition) is 5. The van der Waals surface area contributed by atoms with Crippen molar-refractivity contribution in [2.45, 2.75) is 0 Å². The van der Waals surface area contributed by atoms with E-state index in [2.05, 4.69) is 143 Å². The molecule has 0 bridgehead atoms. The normalized spacial score (nSPS) is 11.7. The smallest absolute Gasteiger partial charge is 0.0972 e. The highest BCUT2D eigenvalue weighted by Crippen LogP contribution is 2.33. The van der Waals surface area contributed by atoms with Crippen LogP contribution in [0.15, 0.2) is 176 Å². The van der Waals surface area contributed by atoms with Crippen LogP contribution >= 0.6 is 0 Å². The molecule has 0 N–H and O–H groups in total. The van der Waals surface area contributed by atoms with Gasteiger partial charge in [0.2, 0.25) is 0 Å². The first kappa shape index (κ1) is 30.3. The molecule has 5 heterocycles. The van der Waals surface area contributed by atoms with E-state index in [0.29, 0.717) is 0 Å². The standard InChI is InChI=1S/C49H29N5/c1-2-6-45-40(5-1)41(23-25-50-45)46-22-15-30-7-10-36(29-47(30)53-46)35-17-20-42-39(28-35)18-21-43(52-42)37-13-11-34-27-38(14-12-33(34)26-37)44-19-16-32-9-8-31-4-3-24-51-48(31)49(32)54-44/h1-29H. The molecule has 0 aliphatic carbocycles. The Morgan fingerprint density at radius 3 is 1.78 bits per heavy atom. The maximum atomic E-state index is 5.11. The quantitative estimate of drug-likeness (QED) is 0.172. The first-order chi connectivity index (χ1) is 26.7. The van der Waals surface area contributed by atoms with E-state index in [1.54, 1.807) is 0 Å². The summed E-state index contributed by atoms with van der Waals surface area (Å²) in [6, 6.07) is 57.4. The van der Waals surface area contributed by atoms with Gasteiger partial charge in [-0.2, -0.15) is 0 Å². The fraction of sp³-hybridized carbons (Fsp3) is 0. The SMILES string of the molecule is c1cnc2c(c1)ccc1ccc(-c3ccc4cc(-c5ccc6cc(-c7ccc8ccc(-c9ccnc%10ccccc9%10)nc8c7)ccc6n5)ccc4c3)nc12. The molecule has 0 amide bonds. The van der Waals surface area contributed by atoms with Crippen LogP contribution in [0, 0.1) is 0 Å². The predicted molar refractivity (Wildman–Crippen MR) is 222 cm³/mol. The van der Waals surface area contributed by atoms with Crippen LogP contribution in [0.3, 0.4) is 0 Å². The van der Waals surface area contributed by atoms with Gasteiger partial charge in [-0.1, -0.05) is 97.1 Å². The zero-order chi connectivity index (χ0) is 35.6. The maximum absolute atomic E-state index is 5.11. The maximum Gasteiger partial charge on any atom is 0.0972 e. The highest BCUT2D eigenvalue weighted by molar-refractivity contribution is 6.03. The van der Waals surface area contributed by atoms with E-state index in [-0.39, 0.29) is 0 Å². The Balaban J connectivity index is 0.893. The van der Waals surface area contributed by atoms with Crippen molar-refractivity contribution in [1.82, 2.24) is 24.9 Å². The molecule has 0 radical (unpaired) electrons. The minimum absolute atomic E-state index is 0.925. The zero-order valence-corrected chi connectivity index (χ0v) is 29.0. The minimum Gasteiger partial charge on any atom is -0.256 e. The molecular weight excluding hydrogens is 659 g/mol. The highest BCUT2D eigenvalue weighted by atomic mass is 14.8. The highest BCUT2D eigenvalue weighted by Gasteiger charge is 2.11. The van der Waals surface area contributed by atoms with Crippen molar-refractivity contribution in [2.75, 3.05) is 0 Å². The average Bonchev–Trinajstić information content (AvgIpc) is 3.24. The Labute approximate surface area is 310 Å². The molecule has 250 valence electrons. The van der Waals surface area contributed by atoms with Crippen LogP contribution < -0.4 is 0 Å². The van der Waals surface area contributed by atoms with Crippen LogP contribution in [0.4, 0.5) is 0 Å². The topological polar surface area (TPSA) is 64.5 Å². The zero-order valence-electron chi connectivity index (χ0n) is 29.0. The summed E-state index contributed by atoms with van der Waals surface area (Å²) in [6.45, 7) is 0. The molecule has 11 rings (SSSR count). The van der Waals surface area contributed by atoms with Gasteiger partial charge in [-0.15, -0.1) is 0 Å². The van der Waals surface area contributed by atoms with E-state index in [9.17, 15) is 0 Å². The van der Waals surface area contributed by atoms with Crippen LogP contribution in [0.1, 0.15) is 0 Å². The van der Waals surface area contributed by atoms with Gasteiger partial charge in [-0.05, 0) is 88.6 Å². The lowest BCUT2D eigenvalue weighted by Crippen LogP contribution is -1.90. The lowest BCUT2D eigenvalue weighted by atomic mass is 9.99. The van der Waals surface area contributed by atoms with Gasteiger partial charge in [-0.25, -0.2) is 15.0 Å². The Kier molecular flexibility index (Phi) is 6.79. The molecule has 54 heavy (non-hydrogen) atoms. The van der Waals surface area contributed by atoms with Crippen molar-refractivity contribution >= 4 is 65.3 Å². The van der Waals surface area contributed by atoms with Crippen molar-refractivity contribution in [2.24, 2.45) is 0 Å². The van der Waals surface area contributed by atoms with Crippen LogP contribution in [-0.2, 0) is 0 Å². The van der Waals surface area contributed by atoms with Gasteiger partial charge in [-0.3, -0.25) is 9.97 Å². The van der Waals surface area contributed by atoms with E-state index < -0.39 is 0 Å². The number of fused-ring (bicyclic) bond motifs is 7. The molecule has 5 nitrogen and oxygen atoms in total. The third-order valence-corrected chi connectivity index (χ3v) is 10.5. The van der Waals surface area contributed by atoms with Gasteiger partial charge in [0.15, 0.2) is 0 Å². The minimum atomic E-state index is 0.925. The van der Waals surface area contributed by atoms with Crippen molar-refractivity contribution in [3.63, 3.8) is 0 Å². The Hall–Kier alpha value is -7.37. The monoisotopic (exact) mass is 687 g/mol. The fourth-order valence-corrected chi connectivity index (χ4v) is 7.68. The number of benzene rings is 6. The first-order valence-corrected chi connectivity index (χ1v) is 18.1. The summed E-state index contributed by atoms with van der Waals surface area (Å²) in [7, 11) is 0. The van der Waals surface area contributed by atoms with Crippen LogP contribution in [0.2, 0.25) is 0 Å². The fourth-order valence-electron chi connectivity index (χ4n) is 7.68. The summed E-state index contributed by atoms with van der Waals surface area (Å²) >= 11 is 0. The number of hydrogen-bond donors (Lipinski definition) is 0. The molecule has 0 fully saturated rings. The van der Waals surface area contributed by atoms with Gasteiger partial charge in [0, 0.05) is 56.0 Å². The molecule has 0 aliphatic rings. The third-order valence-electron chi connectivity index (χ3n) is 10.5. The summed E-state index contributed by atoms with van der Waals surface area (Å²) in [4.78, 5) is 24.4. The van der Waals surface area contributed by atoms with Crippen LogP contribution in [-0.4, -0.2) is 24.9 Å². The van der Waals surface area contributed by atoms with Gasteiger partial charge in [0.05, 0.1) is 44.7 Å². The van der Waals surface area contributed by atoms with Crippen molar-refractivity contribution in [3.8, 4) is 44.9 Å². The van der Waals surface area contributed by atoms with Crippen molar-refractivity contribution in [1.29, 1.82) is 0 Å². The summed E-state index contributed by atoms with van der Waals surface area (Å²) in [6.07, 6.45) is 3.69. The number of para-hydroxylation sites is 1. The summed E-state index contributed by atoms with van der Waals surface area (Å²) in [5.41, 5.74) is 13.1. The number of aromatic nitrogens is 5. The van der Waals surface area contributed by atoms with E-state index in [1.165, 1.54) is 0 Å². The largest absolute Gasteiger partial charge is 0.256 e. The van der Waals surface area contributed by atoms with Gasteiger partial charge in [0.25, 0.3) is 0 Å². The first-order valence-electron chi connectivity index (χ1n) is 18.1. The second kappa shape index (κ2) is 12.1. The molecule has 0 spiro atoms. The van der Waals surface area contributed by atoms with Gasteiger partial charge in [0.1, 0.15) is 0 Å². The molecule has 0 saturated heterocycles. The summed E-state index contributed by atoms with van der Waals surface area (Å²) < 4.78 is 0. The molecule has 6 aromatic carbocycles. The summed E-state index contributed by atoms with van der Waals surface area (Å²) in [5.74, 6) is 0. The van der Waals surface area contributed by atoms with E-state index in [4.69, 9.17) is 15.0 Å². The number of nitrogens with zero attached hydrogens (tertiary/aromatic N) is 5. The molecular formula is C49H29N5. The third kappa shape index (κ3) is 5.13. The number of rotatable bonds is 4. The summed E-state index contributed by atoms with van der Waals surface area (Å²) in [5, 5.41) is 7.80. The lowest BCUT2D eigenvalue weighted by Gasteiger charge is -2.10. The molecule has 0 atom stereocenters.